The van der Waals surface area contributed by atoms with Crippen molar-refractivity contribution in [2.75, 3.05) is 0 Å². The van der Waals surface area contributed by atoms with Gasteiger partial charge in [-0.3, -0.25) is 9.59 Å². The molecular weight excluding hydrogens is 302 g/mol. The van der Waals surface area contributed by atoms with Crippen molar-refractivity contribution >= 4 is 27.9 Å². The summed E-state index contributed by atoms with van der Waals surface area (Å²) in [5.41, 5.74) is 0.936. The van der Waals surface area contributed by atoms with Gasteiger partial charge in [0, 0.05) is 17.4 Å². The predicted molar refractivity (Wildman–Crippen MR) is 69.3 cm³/mol. The molecule has 3 N–H and O–H groups in total. The fourth-order valence-corrected chi connectivity index (χ4v) is 1.92. The number of nitrogens with one attached hydrogen (secondary N) is 1. The molecule has 1 aromatic rings. The van der Waals surface area contributed by atoms with Crippen molar-refractivity contribution in [2.45, 2.75) is 25.4 Å². The Morgan fingerprint density at radius 1 is 1.33 bits per heavy atom. The number of benzene rings is 1. The first-order valence-corrected chi connectivity index (χ1v) is 6.21. The van der Waals surface area contributed by atoms with Gasteiger partial charge in [-0.1, -0.05) is 28.1 Å². The Balaban J connectivity index is 2.51. The molecule has 0 bridgehead atoms. The third-order valence-corrected chi connectivity index (χ3v) is 2.88. The van der Waals surface area contributed by atoms with Crippen LogP contribution in [0, 0.1) is 0 Å². The second-order valence-corrected chi connectivity index (χ2v) is 4.75. The molecule has 1 aromatic carbocycles. The zero-order valence-corrected chi connectivity index (χ0v) is 11.2. The summed E-state index contributed by atoms with van der Waals surface area (Å²) in [4.78, 5) is 21.4. The summed E-state index contributed by atoms with van der Waals surface area (Å²) in [6.07, 6.45) is -0.0961. The first kappa shape index (κ1) is 14.7. The first-order valence-electron chi connectivity index (χ1n) is 5.41. The molecular formula is C12H14BrNO4. The largest absolute Gasteiger partial charge is 0.481 e. The van der Waals surface area contributed by atoms with E-state index in [-0.39, 0.29) is 12.8 Å². The minimum atomic E-state index is -1.04. The number of carboxylic acids is 2. The van der Waals surface area contributed by atoms with Crippen molar-refractivity contribution in [1.82, 2.24) is 5.32 Å². The smallest absolute Gasteiger partial charge is 0.320 e. The van der Waals surface area contributed by atoms with E-state index in [9.17, 15) is 9.59 Å². The van der Waals surface area contributed by atoms with Crippen LogP contribution in [0.5, 0.6) is 0 Å². The van der Waals surface area contributed by atoms with Gasteiger partial charge in [-0.15, -0.1) is 0 Å². The number of halogens is 1. The molecule has 0 spiro atoms. The molecule has 0 aliphatic heterocycles. The summed E-state index contributed by atoms with van der Waals surface area (Å²) in [6, 6.07) is 6.63. The SMILES string of the molecule is O=C(O)CC[C@H](NCc1cccc(Br)c1)C(=O)O. The van der Waals surface area contributed by atoms with Crippen LogP contribution in [0.1, 0.15) is 18.4 Å². The van der Waals surface area contributed by atoms with E-state index in [0.29, 0.717) is 6.54 Å². The Bertz CT molecular complexity index is 436. The van der Waals surface area contributed by atoms with E-state index in [4.69, 9.17) is 10.2 Å². The van der Waals surface area contributed by atoms with Gasteiger partial charge in [-0.25, -0.2) is 0 Å². The minimum Gasteiger partial charge on any atom is -0.481 e. The van der Waals surface area contributed by atoms with Crippen molar-refractivity contribution in [3.63, 3.8) is 0 Å². The van der Waals surface area contributed by atoms with Crippen molar-refractivity contribution in [3.05, 3.63) is 34.3 Å². The van der Waals surface area contributed by atoms with Crippen LogP contribution < -0.4 is 5.32 Å². The molecule has 18 heavy (non-hydrogen) atoms. The van der Waals surface area contributed by atoms with Gasteiger partial charge in [0.15, 0.2) is 0 Å². The van der Waals surface area contributed by atoms with Gasteiger partial charge < -0.3 is 15.5 Å². The predicted octanol–water partition coefficient (Wildman–Crippen LogP) is 1.86. The second kappa shape index (κ2) is 7.13. The van der Waals surface area contributed by atoms with Crippen LogP contribution in [-0.2, 0) is 16.1 Å². The number of hydrogen-bond acceptors (Lipinski definition) is 3. The number of rotatable bonds is 7. The summed E-state index contributed by atoms with van der Waals surface area (Å²) in [7, 11) is 0. The van der Waals surface area contributed by atoms with E-state index in [0.717, 1.165) is 10.0 Å². The summed E-state index contributed by atoms with van der Waals surface area (Å²) in [6.45, 7) is 0.385. The average Bonchev–Trinajstić information content (AvgIpc) is 2.28. The third-order valence-electron chi connectivity index (χ3n) is 2.39. The molecule has 1 atom stereocenters. The highest BCUT2D eigenvalue weighted by atomic mass is 79.9. The topological polar surface area (TPSA) is 86.6 Å². The summed E-state index contributed by atoms with van der Waals surface area (Å²) in [5.74, 6) is -2.03. The maximum absolute atomic E-state index is 10.9. The normalized spacial score (nSPS) is 12.1. The van der Waals surface area contributed by atoms with Gasteiger partial charge >= 0.3 is 11.9 Å². The standard InChI is InChI=1S/C12H14BrNO4/c13-9-3-1-2-8(6-9)7-14-10(12(17)18)4-5-11(15)16/h1-3,6,10,14H,4-5,7H2,(H,15,16)(H,17,18)/t10-/m0/s1. The molecule has 0 aliphatic rings. The van der Waals surface area contributed by atoms with Crippen molar-refractivity contribution in [3.8, 4) is 0 Å². The molecule has 0 saturated heterocycles. The number of carboxylic acid groups (broad SMARTS) is 2. The summed E-state index contributed by atoms with van der Waals surface area (Å²) >= 11 is 3.33. The van der Waals surface area contributed by atoms with E-state index in [1.165, 1.54) is 0 Å². The molecule has 0 saturated carbocycles. The lowest BCUT2D eigenvalue weighted by molar-refractivity contribution is -0.140. The zero-order valence-electron chi connectivity index (χ0n) is 9.60. The maximum atomic E-state index is 10.9. The fraction of sp³-hybridized carbons (Fsp3) is 0.333. The molecule has 0 unspecified atom stereocenters. The Hall–Kier alpha value is -1.40. The van der Waals surface area contributed by atoms with Crippen molar-refractivity contribution in [2.24, 2.45) is 0 Å². The van der Waals surface area contributed by atoms with E-state index >= 15 is 0 Å². The Morgan fingerprint density at radius 2 is 2.06 bits per heavy atom. The van der Waals surface area contributed by atoms with E-state index in [1.807, 2.05) is 24.3 Å². The average molecular weight is 316 g/mol. The highest BCUT2D eigenvalue weighted by molar-refractivity contribution is 9.10. The van der Waals surface area contributed by atoms with Gasteiger partial charge in [0.25, 0.3) is 0 Å². The van der Waals surface area contributed by atoms with Gasteiger partial charge in [0.2, 0.25) is 0 Å². The van der Waals surface area contributed by atoms with Crippen LogP contribution in [0.25, 0.3) is 0 Å². The van der Waals surface area contributed by atoms with Gasteiger partial charge in [0.1, 0.15) is 6.04 Å². The molecule has 0 fully saturated rings. The van der Waals surface area contributed by atoms with E-state index in [2.05, 4.69) is 21.2 Å². The highest BCUT2D eigenvalue weighted by Crippen LogP contribution is 2.11. The lowest BCUT2D eigenvalue weighted by atomic mass is 10.1. The molecule has 5 nitrogen and oxygen atoms in total. The number of aliphatic carboxylic acids is 2. The van der Waals surface area contributed by atoms with Crippen LogP contribution >= 0.6 is 15.9 Å². The van der Waals surface area contributed by atoms with E-state index in [1.54, 1.807) is 0 Å². The Kier molecular flexibility index (Phi) is 5.80. The zero-order chi connectivity index (χ0) is 13.5. The molecule has 0 heterocycles. The van der Waals surface area contributed by atoms with Gasteiger partial charge in [-0.2, -0.15) is 0 Å². The third kappa shape index (κ3) is 5.29. The molecule has 6 heteroatoms. The maximum Gasteiger partial charge on any atom is 0.320 e. The van der Waals surface area contributed by atoms with Crippen molar-refractivity contribution < 1.29 is 19.8 Å². The fourth-order valence-electron chi connectivity index (χ4n) is 1.47. The summed E-state index contributed by atoms with van der Waals surface area (Å²) < 4.78 is 0.916. The lowest BCUT2D eigenvalue weighted by Crippen LogP contribution is -2.36. The van der Waals surface area contributed by atoms with E-state index < -0.39 is 18.0 Å². The first-order chi connectivity index (χ1) is 8.49. The van der Waals surface area contributed by atoms with Gasteiger partial charge in [0.05, 0.1) is 0 Å². The number of hydrogen-bond donors (Lipinski definition) is 3. The monoisotopic (exact) mass is 315 g/mol. The lowest BCUT2D eigenvalue weighted by Gasteiger charge is -2.13. The Morgan fingerprint density at radius 3 is 2.61 bits per heavy atom. The Labute approximate surface area is 113 Å². The molecule has 0 aliphatic carbocycles. The van der Waals surface area contributed by atoms with Crippen LogP contribution in [-0.4, -0.2) is 28.2 Å². The van der Waals surface area contributed by atoms with Crippen LogP contribution in [0.15, 0.2) is 28.7 Å². The van der Waals surface area contributed by atoms with Crippen molar-refractivity contribution in [1.29, 1.82) is 0 Å². The van der Waals surface area contributed by atoms with Crippen LogP contribution in [0.4, 0.5) is 0 Å². The molecule has 0 radical (unpaired) electrons. The molecule has 98 valence electrons. The van der Waals surface area contributed by atoms with Gasteiger partial charge in [-0.05, 0) is 24.1 Å². The minimum absolute atomic E-state index is 0.0681. The number of carbonyl (C=O) groups is 2. The quantitative estimate of drug-likeness (QED) is 0.715. The highest BCUT2D eigenvalue weighted by Gasteiger charge is 2.17. The second-order valence-electron chi connectivity index (χ2n) is 3.83. The summed E-state index contributed by atoms with van der Waals surface area (Å²) in [5, 5.41) is 20.3. The van der Waals surface area contributed by atoms with Crippen LogP contribution in [0.3, 0.4) is 0 Å². The molecule has 0 aromatic heterocycles. The molecule has 1 rings (SSSR count). The molecule has 0 amide bonds. The van der Waals surface area contributed by atoms with Crippen LogP contribution in [0.2, 0.25) is 0 Å².